The Hall–Kier alpha value is -0.270. The smallest absolute Gasteiger partial charge is 0.126 e. The van der Waals surface area contributed by atoms with Gasteiger partial charge in [0.25, 0.3) is 0 Å². The molecule has 1 aromatic carbocycles. The van der Waals surface area contributed by atoms with Crippen LogP contribution in [0.1, 0.15) is 18.9 Å². The van der Waals surface area contributed by atoms with Crippen LogP contribution in [0.2, 0.25) is 0 Å². The molecule has 15 heavy (non-hydrogen) atoms. The van der Waals surface area contributed by atoms with E-state index in [1.165, 1.54) is 6.07 Å². The molecule has 0 aliphatic carbocycles. The van der Waals surface area contributed by atoms with Crippen LogP contribution >= 0.6 is 23.2 Å². The summed E-state index contributed by atoms with van der Waals surface area (Å²) in [6, 6.07) is 6.78. The van der Waals surface area contributed by atoms with Gasteiger partial charge in [0.15, 0.2) is 0 Å². The van der Waals surface area contributed by atoms with E-state index in [9.17, 15) is 4.39 Å². The maximum Gasteiger partial charge on any atom is 0.126 e. The summed E-state index contributed by atoms with van der Waals surface area (Å²) in [6.45, 7) is 2.03. The topological polar surface area (TPSA) is 0 Å². The molecule has 0 atom stereocenters. The summed E-state index contributed by atoms with van der Waals surface area (Å²) in [4.78, 5) is 0. The maximum absolute atomic E-state index is 13.4. The third kappa shape index (κ3) is 3.09. The first-order chi connectivity index (χ1) is 7.17. The van der Waals surface area contributed by atoms with Gasteiger partial charge >= 0.3 is 0 Å². The quantitative estimate of drug-likeness (QED) is 0.684. The average molecular weight is 249 g/mol. The van der Waals surface area contributed by atoms with Crippen molar-refractivity contribution >= 4 is 23.2 Å². The second-order valence-corrected chi connectivity index (χ2v) is 4.42. The van der Waals surface area contributed by atoms with Crippen LogP contribution in [0.25, 0.3) is 0 Å². The fourth-order valence-corrected chi connectivity index (χ4v) is 2.34. The molecule has 0 aliphatic heterocycles. The number of rotatable bonds is 5. The molecular formula is C12H15Cl2F. The monoisotopic (exact) mass is 248 g/mol. The van der Waals surface area contributed by atoms with Gasteiger partial charge in [0.05, 0.1) is 0 Å². The maximum atomic E-state index is 13.4. The SMILES string of the molecule is CCC(CCl)(CCl)Cc1ccccc1F. The van der Waals surface area contributed by atoms with Gasteiger partial charge < -0.3 is 0 Å². The lowest BCUT2D eigenvalue weighted by atomic mass is 9.83. The molecule has 0 aliphatic rings. The van der Waals surface area contributed by atoms with E-state index in [1.807, 2.05) is 13.0 Å². The van der Waals surface area contributed by atoms with Crippen molar-refractivity contribution in [2.24, 2.45) is 5.41 Å². The molecule has 0 amide bonds. The lowest BCUT2D eigenvalue weighted by Gasteiger charge is -2.28. The van der Waals surface area contributed by atoms with Gasteiger partial charge in [-0.1, -0.05) is 25.1 Å². The van der Waals surface area contributed by atoms with E-state index in [4.69, 9.17) is 23.2 Å². The van der Waals surface area contributed by atoms with Gasteiger partial charge in [0, 0.05) is 17.2 Å². The largest absolute Gasteiger partial charge is 0.207 e. The Morgan fingerprint density at radius 2 is 1.80 bits per heavy atom. The fourth-order valence-electron chi connectivity index (χ4n) is 1.49. The highest BCUT2D eigenvalue weighted by Gasteiger charge is 2.27. The molecule has 0 bridgehead atoms. The molecule has 0 unspecified atom stereocenters. The Morgan fingerprint density at radius 1 is 1.20 bits per heavy atom. The normalized spacial score (nSPS) is 11.7. The van der Waals surface area contributed by atoms with Crippen molar-refractivity contribution in [2.75, 3.05) is 11.8 Å². The third-order valence-corrected chi connectivity index (χ3v) is 3.97. The standard InChI is InChI=1S/C12H15Cl2F/c1-2-12(8-13,9-14)7-10-5-3-4-6-11(10)15/h3-6H,2,7-9H2,1H3. The molecule has 0 radical (unpaired) electrons. The van der Waals surface area contributed by atoms with Gasteiger partial charge in [-0.15, -0.1) is 23.2 Å². The first-order valence-electron chi connectivity index (χ1n) is 5.03. The minimum absolute atomic E-state index is 0.175. The Bertz CT molecular complexity index is 300. The summed E-state index contributed by atoms with van der Waals surface area (Å²) < 4.78 is 13.4. The van der Waals surface area contributed by atoms with Crippen molar-refractivity contribution in [1.29, 1.82) is 0 Å². The zero-order valence-electron chi connectivity index (χ0n) is 8.77. The van der Waals surface area contributed by atoms with Gasteiger partial charge in [-0.05, 0) is 24.5 Å². The molecule has 3 heteroatoms. The molecule has 0 aromatic heterocycles. The minimum atomic E-state index is -0.189. The molecular weight excluding hydrogens is 234 g/mol. The average Bonchev–Trinajstić information content (AvgIpc) is 2.29. The van der Waals surface area contributed by atoms with Crippen LogP contribution in [0.3, 0.4) is 0 Å². The fraction of sp³-hybridized carbons (Fsp3) is 0.500. The number of hydrogen-bond acceptors (Lipinski definition) is 0. The summed E-state index contributed by atoms with van der Waals surface area (Å²) in [5.41, 5.74) is 0.506. The second kappa shape index (κ2) is 5.72. The first-order valence-corrected chi connectivity index (χ1v) is 6.09. The van der Waals surface area contributed by atoms with Crippen molar-refractivity contribution in [3.8, 4) is 0 Å². The van der Waals surface area contributed by atoms with E-state index in [0.717, 1.165) is 6.42 Å². The first kappa shape index (κ1) is 12.8. The molecule has 84 valence electrons. The minimum Gasteiger partial charge on any atom is -0.207 e. The van der Waals surface area contributed by atoms with Crippen LogP contribution in [0, 0.1) is 11.2 Å². The Labute approximate surface area is 100 Å². The van der Waals surface area contributed by atoms with Gasteiger partial charge in [-0.2, -0.15) is 0 Å². The molecule has 0 fully saturated rings. The van der Waals surface area contributed by atoms with Crippen LogP contribution < -0.4 is 0 Å². The van der Waals surface area contributed by atoms with E-state index in [-0.39, 0.29) is 11.2 Å². The van der Waals surface area contributed by atoms with E-state index in [0.29, 0.717) is 23.7 Å². The highest BCUT2D eigenvalue weighted by atomic mass is 35.5. The van der Waals surface area contributed by atoms with Gasteiger partial charge in [0.1, 0.15) is 5.82 Å². The van der Waals surface area contributed by atoms with Crippen LogP contribution in [0.15, 0.2) is 24.3 Å². The Balaban J connectivity index is 2.88. The lowest BCUT2D eigenvalue weighted by molar-refractivity contribution is 0.356. The predicted octanol–water partition coefficient (Wildman–Crippen LogP) is 4.24. The van der Waals surface area contributed by atoms with Crippen molar-refractivity contribution in [3.63, 3.8) is 0 Å². The van der Waals surface area contributed by atoms with E-state index < -0.39 is 0 Å². The number of hydrogen-bond donors (Lipinski definition) is 0. The van der Waals surface area contributed by atoms with E-state index in [1.54, 1.807) is 12.1 Å². The molecule has 0 saturated heterocycles. The molecule has 0 spiro atoms. The summed E-state index contributed by atoms with van der Waals surface area (Å²) in [7, 11) is 0. The van der Waals surface area contributed by atoms with Crippen LogP contribution in [-0.2, 0) is 6.42 Å². The molecule has 1 rings (SSSR count). The highest BCUT2D eigenvalue weighted by Crippen LogP contribution is 2.31. The highest BCUT2D eigenvalue weighted by molar-refractivity contribution is 6.21. The van der Waals surface area contributed by atoms with Gasteiger partial charge in [-0.25, -0.2) is 4.39 Å². The predicted molar refractivity (Wildman–Crippen MR) is 64.3 cm³/mol. The van der Waals surface area contributed by atoms with Crippen LogP contribution in [0.4, 0.5) is 4.39 Å². The van der Waals surface area contributed by atoms with Crippen LogP contribution in [0.5, 0.6) is 0 Å². The third-order valence-electron chi connectivity index (χ3n) is 2.84. The summed E-state index contributed by atoms with van der Waals surface area (Å²) in [5, 5.41) is 0. The molecule has 0 nitrogen and oxygen atoms in total. The van der Waals surface area contributed by atoms with Crippen LogP contribution in [-0.4, -0.2) is 11.8 Å². The van der Waals surface area contributed by atoms with Crippen molar-refractivity contribution in [2.45, 2.75) is 19.8 Å². The summed E-state index contributed by atoms with van der Waals surface area (Å²) in [5.74, 6) is 0.744. The zero-order chi connectivity index (χ0) is 11.3. The van der Waals surface area contributed by atoms with Crippen molar-refractivity contribution in [3.05, 3.63) is 35.6 Å². The Kier molecular flexibility index (Phi) is 4.88. The number of halogens is 3. The molecule has 1 aromatic rings. The summed E-state index contributed by atoms with van der Waals surface area (Å²) >= 11 is 11.8. The second-order valence-electron chi connectivity index (χ2n) is 3.89. The Morgan fingerprint density at radius 3 is 2.27 bits per heavy atom. The summed E-state index contributed by atoms with van der Waals surface area (Å²) in [6.07, 6.45) is 1.46. The van der Waals surface area contributed by atoms with Gasteiger partial charge in [-0.3, -0.25) is 0 Å². The van der Waals surface area contributed by atoms with E-state index in [2.05, 4.69) is 0 Å². The number of alkyl halides is 2. The van der Waals surface area contributed by atoms with Crippen molar-refractivity contribution in [1.82, 2.24) is 0 Å². The lowest BCUT2D eigenvalue weighted by Crippen LogP contribution is -2.27. The molecule has 0 saturated carbocycles. The zero-order valence-corrected chi connectivity index (χ0v) is 10.3. The number of benzene rings is 1. The van der Waals surface area contributed by atoms with E-state index >= 15 is 0 Å². The van der Waals surface area contributed by atoms with Gasteiger partial charge in [0.2, 0.25) is 0 Å². The molecule has 0 N–H and O–H groups in total. The molecule has 0 heterocycles. The van der Waals surface area contributed by atoms with Crippen molar-refractivity contribution < 1.29 is 4.39 Å².